The van der Waals surface area contributed by atoms with Gasteiger partial charge in [0.05, 0.1) is 5.41 Å². The van der Waals surface area contributed by atoms with Crippen molar-refractivity contribution in [3.05, 3.63) is 0 Å². The molecule has 2 saturated carbocycles. The van der Waals surface area contributed by atoms with Gasteiger partial charge in [0.25, 0.3) is 0 Å². The topological polar surface area (TPSA) is 71.1 Å². The highest BCUT2D eigenvalue weighted by molar-refractivity contribution is 5.89. The Kier molecular flexibility index (Phi) is 4.21. The van der Waals surface area contributed by atoms with Crippen molar-refractivity contribution in [2.75, 3.05) is 0 Å². The molecule has 2 aliphatic carbocycles. The van der Waals surface area contributed by atoms with E-state index in [1.54, 1.807) is 0 Å². The maximum absolute atomic E-state index is 12.4. The fourth-order valence-corrected chi connectivity index (χ4v) is 4.39. The lowest BCUT2D eigenvalue weighted by Crippen LogP contribution is -2.40. The summed E-state index contributed by atoms with van der Waals surface area (Å²) in [5, 5.41) is 0. The number of ketones is 1. The molecule has 0 bridgehead atoms. The molecule has 4 rings (SSSR count). The van der Waals surface area contributed by atoms with Crippen molar-refractivity contribution < 1.29 is 28.5 Å². The molecule has 5 atom stereocenters. The van der Waals surface area contributed by atoms with Gasteiger partial charge >= 0.3 is 5.97 Å². The Morgan fingerprint density at radius 2 is 1.92 bits per heavy atom. The van der Waals surface area contributed by atoms with Gasteiger partial charge in [0.15, 0.2) is 24.0 Å². The first-order valence-corrected chi connectivity index (χ1v) is 9.60. The van der Waals surface area contributed by atoms with E-state index in [2.05, 4.69) is 0 Å². The second-order valence-electron chi connectivity index (χ2n) is 8.54. The molecule has 6 nitrogen and oxygen atoms in total. The van der Waals surface area contributed by atoms with E-state index in [9.17, 15) is 9.59 Å². The molecule has 4 aliphatic rings. The molecular weight excluding hydrogens is 324 g/mol. The van der Waals surface area contributed by atoms with Gasteiger partial charge in [-0.3, -0.25) is 9.59 Å². The van der Waals surface area contributed by atoms with E-state index < -0.39 is 29.7 Å². The van der Waals surface area contributed by atoms with Crippen LogP contribution in [0.4, 0.5) is 0 Å². The van der Waals surface area contributed by atoms with Crippen molar-refractivity contribution in [3.63, 3.8) is 0 Å². The molecule has 2 heterocycles. The van der Waals surface area contributed by atoms with E-state index in [-0.39, 0.29) is 23.8 Å². The van der Waals surface area contributed by atoms with Crippen LogP contribution < -0.4 is 0 Å². The zero-order valence-electron chi connectivity index (χ0n) is 15.3. The molecule has 1 unspecified atom stereocenters. The predicted molar refractivity (Wildman–Crippen MR) is 87.5 cm³/mol. The highest BCUT2D eigenvalue weighted by atomic mass is 16.8. The van der Waals surface area contributed by atoms with Crippen LogP contribution in [0.5, 0.6) is 0 Å². The fraction of sp³-hybridized carbons (Fsp3) is 0.895. The first-order valence-electron chi connectivity index (χ1n) is 9.60. The van der Waals surface area contributed by atoms with Gasteiger partial charge in [-0.1, -0.05) is 13.3 Å². The largest absolute Gasteiger partial charge is 0.451 e. The van der Waals surface area contributed by atoms with Crippen LogP contribution in [0.25, 0.3) is 0 Å². The van der Waals surface area contributed by atoms with Crippen LogP contribution in [0.2, 0.25) is 0 Å². The van der Waals surface area contributed by atoms with Crippen LogP contribution >= 0.6 is 0 Å². The smallest absolute Gasteiger partial charge is 0.312 e. The minimum atomic E-state index is -0.830. The van der Waals surface area contributed by atoms with Crippen LogP contribution in [-0.2, 0) is 28.5 Å². The van der Waals surface area contributed by atoms with Crippen LogP contribution in [-0.4, -0.2) is 42.1 Å². The summed E-state index contributed by atoms with van der Waals surface area (Å²) in [5.41, 5.74) is -0.605. The van der Waals surface area contributed by atoms with Crippen LogP contribution in [0, 0.1) is 11.3 Å². The third-order valence-corrected chi connectivity index (χ3v) is 6.42. The molecule has 0 radical (unpaired) electrons. The van der Waals surface area contributed by atoms with Crippen molar-refractivity contribution >= 4 is 11.8 Å². The van der Waals surface area contributed by atoms with E-state index in [1.165, 1.54) is 6.42 Å². The molecule has 0 aromatic rings. The summed E-state index contributed by atoms with van der Waals surface area (Å²) in [6, 6.07) is 0. The summed E-state index contributed by atoms with van der Waals surface area (Å²) in [7, 11) is 0. The fourth-order valence-electron chi connectivity index (χ4n) is 4.39. The van der Waals surface area contributed by atoms with Crippen molar-refractivity contribution in [2.45, 2.75) is 96.1 Å². The second kappa shape index (κ2) is 6.03. The Morgan fingerprint density at radius 1 is 1.20 bits per heavy atom. The minimum Gasteiger partial charge on any atom is -0.451 e. The molecule has 2 saturated heterocycles. The van der Waals surface area contributed by atoms with Gasteiger partial charge in [-0.05, 0) is 33.1 Å². The van der Waals surface area contributed by atoms with Gasteiger partial charge in [0.1, 0.15) is 12.2 Å². The monoisotopic (exact) mass is 352 g/mol. The van der Waals surface area contributed by atoms with Gasteiger partial charge in [0, 0.05) is 25.2 Å². The van der Waals surface area contributed by atoms with Crippen LogP contribution in [0.3, 0.4) is 0 Å². The summed E-state index contributed by atoms with van der Waals surface area (Å²) >= 11 is 0. The molecule has 25 heavy (non-hydrogen) atoms. The number of hydrogen-bond acceptors (Lipinski definition) is 6. The first-order chi connectivity index (χ1) is 11.9. The molecule has 2 aliphatic heterocycles. The quantitative estimate of drug-likeness (QED) is 0.727. The normalized spacial score (nSPS) is 39.5. The zero-order chi connectivity index (χ0) is 17.8. The Labute approximate surface area is 148 Å². The average Bonchev–Trinajstić information content (AvgIpc) is 3.17. The second-order valence-corrected chi connectivity index (χ2v) is 8.54. The highest BCUT2D eigenvalue weighted by Crippen LogP contribution is 2.50. The molecule has 0 amide bonds. The number of ether oxygens (including phenoxy) is 4. The molecule has 0 aromatic heterocycles. The van der Waals surface area contributed by atoms with Crippen molar-refractivity contribution in [1.82, 2.24) is 0 Å². The van der Waals surface area contributed by atoms with E-state index >= 15 is 0 Å². The number of esters is 1. The summed E-state index contributed by atoms with van der Waals surface area (Å²) in [4.78, 5) is 24.8. The van der Waals surface area contributed by atoms with E-state index in [0.717, 1.165) is 25.7 Å². The van der Waals surface area contributed by atoms with Gasteiger partial charge in [0.2, 0.25) is 0 Å². The number of carbonyl (C=O) groups excluding carboxylic acids is 2. The van der Waals surface area contributed by atoms with Gasteiger partial charge in [-0.15, -0.1) is 0 Å². The van der Waals surface area contributed by atoms with Crippen molar-refractivity contribution in [3.8, 4) is 0 Å². The molecule has 4 fully saturated rings. The van der Waals surface area contributed by atoms with E-state index in [4.69, 9.17) is 18.9 Å². The van der Waals surface area contributed by atoms with Crippen molar-refractivity contribution in [2.24, 2.45) is 11.3 Å². The molecule has 1 spiro atoms. The summed E-state index contributed by atoms with van der Waals surface area (Å²) in [6.45, 7) is 5.59. The van der Waals surface area contributed by atoms with Gasteiger partial charge in [-0.25, -0.2) is 0 Å². The Balaban J connectivity index is 1.45. The third kappa shape index (κ3) is 2.82. The zero-order valence-corrected chi connectivity index (χ0v) is 15.3. The maximum atomic E-state index is 12.4. The van der Waals surface area contributed by atoms with E-state index in [1.807, 2.05) is 20.8 Å². The molecule has 0 N–H and O–H groups in total. The predicted octanol–water partition coefficient (Wildman–Crippen LogP) is 2.72. The van der Waals surface area contributed by atoms with Crippen molar-refractivity contribution in [1.29, 1.82) is 0 Å². The lowest BCUT2D eigenvalue weighted by atomic mass is 9.90. The van der Waals surface area contributed by atoms with Gasteiger partial charge in [-0.2, -0.15) is 0 Å². The number of hydrogen-bond donors (Lipinski definition) is 0. The van der Waals surface area contributed by atoms with Crippen LogP contribution in [0.15, 0.2) is 0 Å². The molecule has 0 aromatic carbocycles. The summed E-state index contributed by atoms with van der Waals surface area (Å²) in [5.74, 6) is -1.02. The standard InChI is InChI=1S/C19H28O6/c1-4-18(2,3)17(21)23-15-12(20)10-11-13(15)22-16-14(11)24-19(25-16)8-6-5-7-9-19/h11,13-16H,4-10H2,1-3H3/t11-,13-,14+,15?,16+/m0/s1. The lowest BCUT2D eigenvalue weighted by Gasteiger charge is -2.33. The van der Waals surface area contributed by atoms with Crippen LogP contribution in [0.1, 0.15) is 65.7 Å². The summed E-state index contributed by atoms with van der Waals surface area (Å²) in [6.07, 6.45) is 4.21. The number of carbonyl (C=O) groups is 2. The lowest BCUT2D eigenvalue weighted by molar-refractivity contribution is -0.246. The Hall–Kier alpha value is -0.980. The Morgan fingerprint density at radius 3 is 2.60 bits per heavy atom. The average molecular weight is 352 g/mol. The molecule has 6 heteroatoms. The number of Topliss-reactive ketones (excluding diaryl/α,β-unsaturated/α-hetero) is 1. The van der Waals surface area contributed by atoms with E-state index in [0.29, 0.717) is 12.8 Å². The first kappa shape index (κ1) is 17.4. The SMILES string of the molecule is CCC(C)(C)C(=O)OC1C(=O)C[C@@H]2[C@H]3OC4(CCCCC4)O[C@H]3O[C@H]12. The Bertz CT molecular complexity index is 564. The minimum absolute atomic E-state index is 0.0677. The van der Waals surface area contributed by atoms with Gasteiger partial charge < -0.3 is 18.9 Å². The maximum Gasteiger partial charge on any atom is 0.312 e. The number of fused-ring (bicyclic) bond motifs is 3. The molecule has 140 valence electrons. The third-order valence-electron chi connectivity index (χ3n) is 6.42. The summed E-state index contributed by atoms with van der Waals surface area (Å²) < 4.78 is 24.0. The highest BCUT2D eigenvalue weighted by Gasteiger charge is 2.63. The number of rotatable bonds is 3. The molecular formula is C19H28O6.